The van der Waals surface area contributed by atoms with Crippen LogP contribution in [-0.4, -0.2) is 70.8 Å². The van der Waals surface area contributed by atoms with Gasteiger partial charge in [-0.1, -0.05) is 0 Å². The number of anilines is 3. The Morgan fingerprint density at radius 1 is 1.19 bits per heavy atom. The Morgan fingerprint density at radius 3 is 2.59 bits per heavy atom. The highest BCUT2D eigenvalue weighted by Gasteiger charge is 2.18. The Kier molecular flexibility index (Phi) is 6.33. The molecule has 0 radical (unpaired) electrons. The van der Waals surface area contributed by atoms with Crippen LogP contribution in [0.1, 0.15) is 10.4 Å². The number of carboxylic acids is 1. The van der Waals surface area contributed by atoms with Crippen molar-refractivity contribution in [3.05, 3.63) is 46.7 Å². The molecular formula is C22H25BrN6O3. The monoisotopic (exact) mass is 500 g/mol. The summed E-state index contributed by atoms with van der Waals surface area (Å²) in [5.41, 5.74) is 3.31. The SMILES string of the molecule is COc1cc(N2CCN(C)CC2)ccc1Nc1ncc(Br)c(-c2cc(C(=O)O)cn2C)n1. The Hall–Kier alpha value is -3.11. The van der Waals surface area contributed by atoms with E-state index in [9.17, 15) is 9.90 Å². The van der Waals surface area contributed by atoms with Crippen LogP contribution in [0.5, 0.6) is 5.75 Å². The van der Waals surface area contributed by atoms with Crippen molar-refractivity contribution >= 4 is 39.2 Å². The Labute approximate surface area is 194 Å². The summed E-state index contributed by atoms with van der Waals surface area (Å²) in [6.45, 7) is 4.00. The van der Waals surface area contributed by atoms with Gasteiger partial charge in [-0.3, -0.25) is 0 Å². The number of carboxylic acid groups (broad SMARTS) is 1. The zero-order valence-corrected chi connectivity index (χ0v) is 19.8. The molecule has 1 aromatic carbocycles. The third kappa shape index (κ3) is 4.56. The molecule has 1 saturated heterocycles. The van der Waals surface area contributed by atoms with Gasteiger partial charge in [-0.2, -0.15) is 0 Å². The summed E-state index contributed by atoms with van der Waals surface area (Å²) in [4.78, 5) is 25.0. The molecule has 4 rings (SSSR count). The molecule has 168 valence electrons. The summed E-state index contributed by atoms with van der Waals surface area (Å²) in [6.07, 6.45) is 3.20. The Balaban J connectivity index is 1.60. The molecule has 3 aromatic rings. The number of aryl methyl sites for hydroxylation is 1. The van der Waals surface area contributed by atoms with E-state index in [0.29, 0.717) is 27.6 Å². The van der Waals surface area contributed by atoms with Crippen molar-refractivity contribution in [3.63, 3.8) is 0 Å². The number of benzene rings is 1. The van der Waals surface area contributed by atoms with Crippen LogP contribution in [0, 0.1) is 0 Å². The number of aromatic nitrogens is 3. The first-order valence-corrected chi connectivity index (χ1v) is 11.0. The molecule has 1 fully saturated rings. The molecule has 10 heteroatoms. The second-order valence-corrected chi connectivity index (χ2v) is 8.57. The number of rotatable bonds is 6. The number of halogens is 1. The molecule has 0 spiro atoms. The standard InChI is InChI=1S/C22H25BrN6O3/c1-27-6-8-29(9-7-27)15-4-5-17(19(11-15)32-3)25-22-24-12-16(23)20(26-22)18-10-14(21(30)31)13-28(18)2/h4-5,10-13H,6-9H2,1-3H3,(H,30,31)(H,24,25,26). The van der Waals surface area contributed by atoms with E-state index in [-0.39, 0.29) is 5.56 Å². The van der Waals surface area contributed by atoms with Gasteiger partial charge in [-0.25, -0.2) is 14.8 Å². The van der Waals surface area contributed by atoms with Gasteiger partial charge in [0.1, 0.15) is 11.4 Å². The Bertz CT molecular complexity index is 1140. The zero-order valence-electron chi connectivity index (χ0n) is 18.2. The summed E-state index contributed by atoms with van der Waals surface area (Å²) in [5.74, 6) is 0.0917. The van der Waals surface area contributed by atoms with Gasteiger partial charge in [0.15, 0.2) is 0 Å². The van der Waals surface area contributed by atoms with Crippen LogP contribution in [0.15, 0.2) is 41.1 Å². The lowest BCUT2D eigenvalue weighted by Gasteiger charge is -2.34. The smallest absolute Gasteiger partial charge is 0.337 e. The van der Waals surface area contributed by atoms with Gasteiger partial charge in [0.25, 0.3) is 0 Å². The van der Waals surface area contributed by atoms with E-state index in [4.69, 9.17) is 4.74 Å². The van der Waals surface area contributed by atoms with Crippen LogP contribution in [-0.2, 0) is 7.05 Å². The van der Waals surface area contributed by atoms with Gasteiger partial charge >= 0.3 is 5.97 Å². The average molecular weight is 501 g/mol. The largest absolute Gasteiger partial charge is 0.494 e. The molecule has 0 saturated carbocycles. The maximum atomic E-state index is 11.3. The Morgan fingerprint density at radius 2 is 1.94 bits per heavy atom. The van der Waals surface area contributed by atoms with Crippen molar-refractivity contribution in [3.8, 4) is 17.1 Å². The summed E-state index contributed by atoms with van der Waals surface area (Å²) >= 11 is 3.47. The maximum absolute atomic E-state index is 11.3. The number of hydrogen-bond donors (Lipinski definition) is 2. The third-order valence-corrected chi connectivity index (χ3v) is 6.12. The van der Waals surface area contributed by atoms with E-state index >= 15 is 0 Å². The summed E-state index contributed by atoms with van der Waals surface area (Å²) in [6, 6.07) is 7.63. The molecule has 1 aliphatic heterocycles. The first-order chi connectivity index (χ1) is 15.4. The topological polar surface area (TPSA) is 95.8 Å². The molecule has 9 nitrogen and oxygen atoms in total. The molecule has 3 heterocycles. The lowest BCUT2D eigenvalue weighted by molar-refractivity contribution is 0.0697. The number of ether oxygens (including phenoxy) is 1. The molecule has 0 bridgehead atoms. The molecule has 0 atom stereocenters. The quantitative estimate of drug-likeness (QED) is 0.531. The molecule has 2 N–H and O–H groups in total. The summed E-state index contributed by atoms with van der Waals surface area (Å²) < 4.78 is 8.02. The van der Waals surface area contributed by atoms with Gasteiger partial charge in [-0.05, 0) is 41.2 Å². The van der Waals surface area contributed by atoms with Gasteiger partial charge in [-0.15, -0.1) is 0 Å². The number of nitrogens with one attached hydrogen (secondary N) is 1. The van der Waals surface area contributed by atoms with Crippen molar-refractivity contribution in [2.75, 3.05) is 50.6 Å². The third-order valence-electron chi connectivity index (χ3n) is 5.54. The highest BCUT2D eigenvalue weighted by Crippen LogP contribution is 2.33. The molecule has 0 unspecified atom stereocenters. The average Bonchev–Trinajstić information content (AvgIpc) is 3.17. The molecule has 2 aromatic heterocycles. The number of piperazine rings is 1. The number of carbonyl (C=O) groups is 1. The van der Waals surface area contributed by atoms with Crippen molar-refractivity contribution < 1.29 is 14.6 Å². The van der Waals surface area contributed by atoms with Crippen LogP contribution in [0.25, 0.3) is 11.4 Å². The van der Waals surface area contributed by atoms with Gasteiger partial charge in [0, 0.05) is 57.4 Å². The van der Waals surface area contributed by atoms with E-state index in [1.54, 1.807) is 37.2 Å². The van der Waals surface area contributed by atoms with Crippen LogP contribution >= 0.6 is 15.9 Å². The highest BCUT2D eigenvalue weighted by atomic mass is 79.9. The van der Waals surface area contributed by atoms with E-state index in [2.05, 4.69) is 54.1 Å². The summed E-state index contributed by atoms with van der Waals surface area (Å²) in [7, 11) is 5.55. The van der Waals surface area contributed by atoms with Crippen LogP contribution in [0.4, 0.5) is 17.3 Å². The number of likely N-dealkylation sites (N-methyl/N-ethyl adjacent to an activating group) is 1. The van der Waals surface area contributed by atoms with Crippen molar-refractivity contribution in [1.29, 1.82) is 0 Å². The normalized spacial score (nSPS) is 14.4. The second kappa shape index (κ2) is 9.17. The lowest BCUT2D eigenvalue weighted by atomic mass is 10.2. The lowest BCUT2D eigenvalue weighted by Crippen LogP contribution is -2.44. The van der Waals surface area contributed by atoms with E-state index in [0.717, 1.165) is 37.6 Å². The second-order valence-electron chi connectivity index (χ2n) is 7.72. The van der Waals surface area contributed by atoms with Crippen LogP contribution in [0.3, 0.4) is 0 Å². The molecule has 0 aliphatic carbocycles. The number of aromatic carboxylic acids is 1. The fraction of sp³-hybridized carbons (Fsp3) is 0.318. The van der Waals surface area contributed by atoms with Crippen LogP contribution < -0.4 is 15.0 Å². The van der Waals surface area contributed by atoms with Crippen LogP contribution in [0.2, 0.25) is 0 Å². The van der Waals surface area contributed by atoms with E-state index in [1.807, 2.05) is 12.1 Å². The first-order valence-electron chi connectivity index (χ1n) is 10.2. The zero-order chi connectivity index (χ0) is 22.8. The van der Waals surface area contributed by atoms with Crippen molar-refractivity contribution in [2.24, 2.45) is 7.05 Å². The van der Waals surface area contributed by atoms with Gasteiger partial charge < -0.3 is 29.5 Å². The number of hydrogen-bond acceptors (Lipinski definition) is 7. The predicted molar refractivity (Wildman–Crippen MR) is 127 cm³/mol. The van der Waals surface area contributed by atoms with Gasteiger partial charge in [0.2, 0.25) is 5.95 Å². The number of methoxy groups -OCH3 is 1. The van der Waals surface area contributed by atoms with Crippen molar-refractivity contribution in [1.82, 2.24) is 19.4 Å². The first kappa shape index (κ1) is 22.1. The highest BCUT2D eigenvalue weighted by molar-refractivity contribution is 9.10. The fourth-order valence-corrected chi connectivity index (χ4v) is 4.08. The van der Waals surface area contributed by atoms with E-state index < -0.39 is 5.97 Å². The minimum Gasteiger partial charge on any atom is -0.494 e. The predicted octanol–water partition coefficient (Wildman–Crippen LogP) is 3.45. The number of nitrogens with zero attached hydrogens (tertiary/aromatic N) is 5. The minimum absolute atomic E-state index is 0.198. The fourth-order valence-electron chi connectivity index (χ4n) is 3.69. The summed E-state index contributed by atoms with van der Waals surface area (Å²) in [5, 5.41) is 12.5. The van der Waals surface area contributed by atoms with Gasteiger partial charge in [0.05, 0.1) is 28.5 Å². The molecule has 1 aliphatic rings. The maximum Gasteiger partial charge on any atom is 0.337 e. The van der Waals surface area contributed by atoms with Crippen molar-refractivity contribution in [2.45, 2.75) is 0 Å². The van der Waals surface area contributed by atoms with E-state index in [1.165, 1.54) is 0 Å². The minimum atomic E-state index is -0.986. The molecule has 32 heavy (non-hydrogen) atoms. The molecular weight excluding hydrogens is 476 g/mol. The molecule has 0 amide bonds.